The number of hydrogen-bond acceptors (Lipinski definition) is 5. The lowest BCUT2D eigenvalue weighted by Gasteiger charge is -2.13. The van der Waals surface area contributed by atoms with Crippen molar-refractivity contribution in [1.29, 1.82) is 0 Å². The fourth-order valence-corrected chi connectivity index (χ4v) is 2.86. The average Bonchev–Trinajstić information content (AvgIpc) is 2.94. The van der Waals surface area contributed by atoms with E-state index in [1.807, 2.05) is 57.6 Å². The van der Waals surface area contributed by atoms with Crippen molar-refractivity contribution in [3.8, 4) is 17.0 Å². The van der Waals surface area contributed by atoms with Crippen molar-refractivity contribution in [2.45, 2.75) is 20.3 Å². The summed E-state index contributed by atoms with van der Waals surface area (Å²) in [4.78, 5) is 18.5. The topological polar surface area (TPSA) is 54.5 Å². The van der Waals surface area contributed by atoms with E-state index in [4.69, 9.17) is 4.74 Å². The monoisotopic (exact) mass is 347 g/mol. The Morgan fingerprint density at radius 1 is 1.33 bits per heavy atom. The number of carbonyl (C=O) groups excluding carboxylic acids is 1. The second kappa shape index (κ2) is 8.80. The van der Waals surface area contributed by atoms with E-state index in [1.54, 1.807) is 0 Å². The minimum Gasteiger partial charge on any atom is -0.492 e. The van der Waals surface area contributed by atoms with Crippen LogP contribution in [0.1, 0.15) is 20.3 Å². The third-order valence-electron chi connectivity index (χ3n) is 3.30. The third-order valence-corrected chi connectivity index (χ3v) is 4.06. The Hall–Kier alpha value is -1.92. The zero-order valence-corrected chi connectivity index (χ0v) is 15.5. The molecule has 130 valence electrons. The van der Waals surface area contributed by atoms with Gasteiger partial charge in [-0.2, -0.15) is 0 Å². The molecule has 24 heavy (non-hydrogen) atoms. The lowest BCUT2D eigenvalue weighted by atomic mass is 10.1. The number of likely N-dealkylation sites (N-methyl/N-ethyl adjacent to an activating group) is 1. The standard InChI is InChI=1S/C18H25N3O2S/c1-13(2)11-17(22)20-18-19-15(12-24-18)14-7-5-6-8-16(14)23-10-9-21(3)4/h5-8,12-13H,9-11H2,1-4H3,(H,19,20,22). The third kappa shape index (κ3) is 5.62. The quantitative estimate of drug-likeness (QED) is 0.790. The molecule has 1 amide bonds. The first-order valence-electron chi connectivity index (χ1n) is 8.08. The number of benzene rings is 1. The zero-order valence-electron chi connectivity index (χ0n) is 14.7. The highest BCUT2D eigenvalue weighted by Gasteiger charge is 2.12. The number of hydrogen-bond donors (Lipinski definition) is 1. The Kier molecular flexibility index (Phi) is 6.75. The van der Waals surface area contributed by atoms with Crippen molar-refractivity contribution in [2.75, 3.05) is 32.6 Å². The van der Waals surface area contributed by atoms with Gasteiger partial charge in [-0.3, -0.25) is 4.79 Å². The van der Waals surface area contributed by atoms with Crippen LogP contribution in [-0.2, 0) is 4.79 Å². The number of para-hydroxylation sites is 1. The first kappa shape index (κ1) is 18.4. The molecular formula is C18H25N3O2S. The van der Waals surface area contributed by atoms with Crippen LogP contribution in [0.15, 0.2) is 29.6 Å². The van der Waals surface area contributed by atoms with Gasteiger partial charge in [0.2, 0.25) is 5.91 Å². The maximum Gasteiger partial charge on any atom is 0.226 e. The summed E-state index contributed by atoms with van der Waals surface area (Å²) < 4.78 is 5.88. The van der Waals surface area contributed by atoms with Crippen LogP contribution in [0.4, 0.5) is 5.13 Å². The highest BCUT2D eigenvalue weighted by molar-refractivity contribution is 7.14. The van der Waals surface area contributed by atoms with Gasteiger partial charge in [-0.05, 0) is 32.1 Å². The molecule has 0 radical (unpaired) electrons. The lowest BCUT2D eigenvalue weighted by Crippen LogP contribution is -2.19. The number of thiazole rings is 1. The molecule has 0 fully saturated rings. The van der Waals surface area contributed by atoms with Crippen molar-refractivity contribution < 1.29 is 9.53 Å². The van der Waals surface area contributed by atoms with Gasteiger partial charge in [0.25, 0.3) is 0 Å². The van der Waals surface area contributed by atoms with Crippen LogP contribution in [0.25, 0.3) is 11.3 Å². The predicted octanol–water partition coefficient (Wildman–Crippen LogP) is 3.74. The second-order valence-corrected chi connectivity index (χ2v) is 7.19. The Morgan fingerprint density at radius 3 is 2.79 bits per heavy atom. The van der Waals surface area contributed by atoms with Gasteiger partial charge in [-0.25, -0.2) is 4.98 Å². The molecule has 0 saturated carbocycles. The van der Waals surface area contributed by atoms with Crippen molar-refractivity contribution in [2.24, 2.45) is 5.92 Å². The lowest BCUT2D eigenvalue weighted by molar-refractivity contribution is -0.116. The first-order valence-corrected chi connectivity index (χ1v) is 8.96. The maximum absolute atomic E-state index is 11.9. The molecule has 0 saturated heterocycles. The molecule has 0 aliphatic rings. The molecule has 0 bridgehead atoms. The fourth-order valence-electron chi connectivity index (χ4n) is 2.14. The summed E-state index contributed by atoms with van der Waals surface area (Å²) in [6, 6.07) is 7.85. The zero-order chi connectivity index (χ0) is 17.5. The van der Waals surface area contributed by atoms with Crippen LogP contribution in [0.3, 0.4) is 0 Å². The molecule has 0 atom stereocenters. The van der Waals surface area contributed by atoms with Crippen LogP contribution < -0.4 is 10.1 Å². The van der Waals surface area contributed by atoms with Crippen LogP contribution >= 0.6 is 11.3 Å². The molecule has 0 aliphatic carbocycles. The average molecular weight is 347 g/mol. The van der Waals surface area contributed by atoms with Gasteiger partial charge >= 0.3 is 0 Å². The predicted molar refractivity (Wildman–Crippen MR) is 99.7 cm³/mol. The summed E-state index contributed by atoms with van der Waals surface area (Å²) in [5.41, 5.74) is 1.76. The summed E-state index contributed by atoms with van der Waals surface area (Å²) in [5, 5.41) is 5.43. The number of rotatable bonds is 8. The van der Waals surface area contributed by atoms with E-state index in [0.29, 0.717) is 24.1 Å². The molecule has 2 aromatic rings. The van der Waals surface area contributed by atoms with E-state index in [1.165, 1.54) is 11.3 Å². The van der Waals surface area contributed by atoms with E-state index >= 15 is 0 Å². The summed E-state index contributed by atoms with van der Waals surface area (Å²) in [6.07, 6.45) is 0.499. The number of ether oxygens (including phenoxy) is 1. The summed E-state index contributed by atoms with van der Waals surface area (Å²) >= 11 is 1.43. The van der Waals surface area contributed by atoms with Gasteiger partial charge in [0.1, 0.15) is 12.4 Å². The molecule has 2 rings (SSSR count). The highest BCUT2D eigenvalue weighted by atomic mass is 32.1. The normalized spacial score (nSPS) is 11.1. The number of anilines is 1. The van der Waals surface area contributed by atoms with Crippen molar-refractivity contribution >= 4 is 22.4 Å². The first-order chi connectivity index (χ1) is 11.5. The molecule has 5 nitrogen and oxygen atoms in total. The highest BCUT2D eigenvalue weighted by Crippen LogP contribution is 2.32. The molecule has 1 N–H and O–H groups in total. The Bertz CT molecular complexity index is 668. The van der Waals surface area contributed by atoms with Crippen LogP contribution in [0.5, 0.6) is 5.75 Å². The van der Waals surface area contributed by atoms with Crippen LogP contribution in [-0.4, -0.2) is 43.0 Å². The van der Waals surface area contributed by atoms with E-state index in [2.05, 4.69) is 15.2 Å². The molecule has 1 heterocycles. The number of nitrogens with zero attached hydrogens (tertiary/aromatic N) is 2. The molecule has 1 aromatic heterocycles. The summed E-state index contributed by atoms with van der Waals surface area (Å²) in [6.45, 7) is 5.51. The van der Waals surface area contributed by atoms with Crippen molar-refractivity contribution in [1.82, 2.24) is 9.88 Å². The molecule has 0 spiro atoms. The Balaban J connectivity index is 2.08. The SMILES string of the molecule is CC(C)CC(=O)Nc1nc(-c2ccccc2OCCN(C)C)cs1. The van der Waals surface area contributed by atoms with E-state index in [-0.39, 0.29) is 5.91 Å². The fraction of sp³-hybridized carbons (Fsp3) is 0.444. The number of amides is 1. The van der Waals surface area contributed by atoms with Gasteiger partial charge < -0.3 is 15.0 Å². The number of nitrogens with one attached hydrogen (secondary N) is 1. The van der Waals surface area contributed by atoms with Crippen LogP contribution in [0.2, 0.25) is 0 Å². The van der Waals surface area contributed by atoms with Crippen molar-refractivity contribution in [3.05, 3.63) is 29.6 Å². The number of aromatic nitrogens is 1. The van der Waals surface area contributed by atoms with E-state index < -0.39 is 0 Å². The Labute approximate surface area is 147 Å². The maximum atomic E-state index is 11.9. The molecule has 1 aromatic carbocycles. The molecule has 6 heteroatoms. The minimum atomic E-state index is 0.00131. The van der Waals surface area contributed by atoms with E-state index in [9.17, 15) is 4.79 Å². The van der Waals surface area contributed by atoms with Gasteiger partial charge in [0, 0.05) is 23.9 Å². The van der Waals surface area contributed by atoms with Crippen LogP contribution in [0, 0.1) is 5.92 Å². The molecule has 0 aliphatic heterocycles. The largest absolute Gasteiger partial charge is 0.492 e. The second-order valence-electron chi connectivity index (χ2n) is 6.33. The van der Waals surface area contributed by atoms with Crippen molar-refractivity contribution in [3.63, 3.8) is 0 Å². The van der Waals surface area contributed by atoms with E-state index in [0.717, 1.165) is 23.6 Å². The molecule has 0 unspecified atom stereocenters. The smallest absolute Gasteiger partial charge is 0.226 e. The minimum absolute atomic E-state index is 0.00131. The number of carbonyl (C=O) groups is 1. The molecular weight excluding hydrogens is 322 g/mol. The van der Waals surface area contributed by atoms with Gasteiger partial charge in [0.05, 0.1) is 5.69 Å². The Morgan fingerprint density at radius 2 is 2.08 bits per heavy atom. The summed E-state index contributed by atoms with van der Waals surface area (Å²) in [7, 11) is 4.03. The summed E-state index contributed by atoms with van der Waals surface area (Å²) in [5.74, 6) is 1.14. The van der Waals surface area contributed by atoms with Gasteiger partial charge in [0.15, 0.2) is 5.13 Å². The van der Waals surface area contributed by atoms with Gasteiger partial charge in [-0.1, -0.05) is 26.0 Å². The van der Waals surface area contributed by atoms with Gasteiger partial charge in [-0.15, -0.1) is 11.3 Å².